The van der Waals surface area contributed by atoms with Crippen LogP contribution in [0.25, 0.3) is 0 Å². The quantitative estimate of drug-likeness (QED) is 0.503. The number of nitrogens with two attached hydrogens (primary N) is 1. The maximum absolute atomic E-state index is 13.5. The first-order chi connectivity index (χ1) is 19.2. The summed E-state index contributed by atoms with van der Waals surface area (Å²) in [5.41, 5.74) is 9.31. The van der Waals surface area contributed by atoms with Gasteiger partial charge in [0.2, 0.25) is 5.91 Å². The summed E-state index contributed by atoms with van der Waals surface area (Å²) in [5.74, 6) is 1.46. The van der Waals surface area contributed by atoms with E-state index in [2.05, 4.69) is 42.4 Å². The number of carbonyl (C=O) groups is 2. The van der Waals surface area contributed by atoms with Crippen LogP contribution in [-0.4, -0.2) is 40.9 Å². The highest BCUT2D eigenvalue weighted by atomic mass is 16.5. The van der Waals surface area contributed by atoms with Crippen LogP contribution in [0.5, 0.6) is 11.5 Å². The Labute approximate surface area is 238 Å². The van der Waals surface area contributed by atoms with Crippen LogP contribution in [0, 0.1) is 0 Å². The second-order valence-corrected chi connectivity index (χ2v) is 11.1. The minimum absolute atomic E-state index is 0.0503. The van der Waals surface area contributed by atoms with E-state index in [1.165, 1.54) is 10.5 Å². The van der Waals surface area contributed by atoms with Crippen molar-refractivity contribution in [2.45, 2.75) is 104 Å². The lowest BCUT2D eigenvalue weighted by Gasteiger charge is -2.38. The molecule has 0 saturated carbocycles. The molecule has 2 aromatic carbocycles. The second-order valence-electron chi connectivity index (χ2n) is 11.1. The third-order valence-electron chi connectivity index (χ3n) is 7.60. The molecule has 40 heavy (non-hydrogen) atoms. The molecule has 8 heteroatoms. The molecule has 2 atom stereocenters. The van der Waals surface area contributed by atoms with Gasteiger partial charge in [-0.2, -0.15) is 0 Å². The summed E-state index contributed by atoms with van der Waals surface area (Å²) in [5, 5.41) is 3.24. The molecule has 6 aliphatic rings. The normalized spacial score (nSPS) is 22.3. The van der Waals surface area contributed by atoms with Gasteiger partial charge in [0.25, 0.3) is 5.91 Å². The molecule has 0 fully saturated rings. The third-order valence-corrected chi connectivity index (χ3v) is 7.60. The van der Waals surface area contributed by atoms with Gasteiger partial charge in [-0.25, -0.2) is 4.99 Å². The van der Waals surface area contributed by atoms with Crippen LogP contribution >= 0.6 is 0 Å². The van der Waals surface area contributed by atoms with Gasteiger partial charge in [-0.3, -0.25) is 14.5 Å². The number of nitrogens with zero attached hydrogens (tertiary/aromatic N) is 2. The molecule has 2 aromatic rings. The highest BCUT2D eigenvalue weighted by Gasteiger charge is 2.35. The molecule has 6 aliphatic heterocycles. The van der Waals surface area contributed by atoms with Gasteiger partial charge >= 0.3 is 0 Å². The van der Waals surface area contributed by atoms with E-state index >= 15 is 0 Å². The molecule has 216 valence electrons. The Morgan fingerprint density at radius 2 is 1.93 bits per heavy atom. The van der Waals surface area contributed by atoms with Gasteiger partial charge in [-0.15, -0.1) is 0 Å². The number of hydrogen-bond acceptors (Lipinski definition) is 6. The van der Waals surface area contributed by atoms with Gasteiger partial charge in [0.15, 0.2) is 5.96 Å². The Morgan fingerprint density at radius 3 is 2.67 bits per heavy atom. The van der Waals surface area contributed by atoms with Crippen molar-refractivity contribution >= 4 is 17.8 Å². The molecule has 0 aliphatic carbocycles. The van der Waals surface area contributed by atoms with Crippen molar-refractivity contribution in [3.63, 3.8) is 0 Å². The van der Waals surface area contributed by atoms with Crippen molar-refractivity contribution in [3.8, 4) is 11.5 Å². The molecular weight excluding hydrogens is 504 g/mol. The van der Waals surface area contributed by atoms with Crippen LogP contribution < -0.4 is 20.5 Å². The fourth-order valence-electron chi connectivity index (χ4n) is 5.70. The monoisotopic (exact) mass is 548 g/mol. The predicted molar refractivity (Wildman–Crippen MR) is 158 cm³/mol. The zero-order chi connectivity index (χ0) is 28.9. The molecule has 2 amide bonds. The van der Waals surface area contributed by atoms with Gasteiger partial charge in [0.1, 0.15) is 17.1 Å². The fraction of sp³-hybridized carbons (Fsp3) is 0.531. The van der Waals surface area contributed by atoms with E-state index in [-0.39, 0.29) is 36.4 Å². The molecule has 8 nitrogen and oxygen atoms in total. The van der Waals surface area contributed by atoms with Crippen LogP contribution in [0.2, 0.25) is 0 Å². The summed E-state index contributed by atoms with van der Waals surface area (Å²) >= 11 is 0. The summed E-state index contributed by atoms with van der Waals surface area (Å²) < 4.78 is 12.2. The Bertz CT molecular complexity index is 1260. The summed E-state index contributed by atoms with van der Waals surface area (Å²) in [6, 6.07) is 11.4. The lowest BCUT2D eigenvalue weighted by Crippen LogP contribution is -2.46. The predicted octanol–water partition coefficient (Wildman–Crippen LogP) is 5.68. The van der Waals surface area contributed by atoms with Gasteiger partial charge in [0, 0.05) is 29.5 Å². The third kappa shape index (κ3) is 6.77. The number of hydrogen-bond donors (Lipinski definition) is 2. The van der Waals surface area contributed by atoms with E-state index in [1.807, 2.05) is 20.8 Å². The number of rotatable bonds is 2. The van der Waals surface area contributed by atoms with Crippen LogP contribution in [0.4, 0.5) is 0 Å². The molecule has 0 radical (unpaired) electrons. The van der Waals surface area contributed by atoms with Crippen molar-refractivity contribution in [2.24, 2.45) is 10.7 Å². The summed E-state index contributed by atoms with van der Waals surface area (Å²) in [7, 11) is 0. The summed E-state index contributed by atoms with van der Waals surface area (Å²) in [6.45, 7) is 10.7. The lowest BCUT2D eigenvalue weighted by molar-refractivity contribution is -0.128. The van der Waals surface area contributed by atoms with Crippen molar-refractivity contribution in [3.05, 3.63) is 58.7 Å². The Balaban J connectivity index is 0.00000181. The smallest absolute Gasteiger partial charge is 0.251 e. The number of amides is 2. The molecule has 8 bridgehead atoms. The molecule has 0 spiro atoms. The number of benzene rings is 2. The number of guanidine groups is 1. The standard InChI is InChI=1S/C30H38N4O4.C2H6/c1-4-37-25-13-11-20-15-21(25)18-34-27(35)16-22(32-29(34)31)9-7-5-6-8-19-10-12-23-24(33-28(20)36)17-30(2,3)38-26(23)14-19;1-2/h10-15,22,24H,4-9,16-18H2,1-3H3,(H2,31,32)(H,33,36);1-2H3. The first-order valence-electron chi connectivity index (χ1n) is 14.7. The minimum atomic E-state index is -0.408. The average molecular weight is 549 g/mol. The van der Waals surface area contributed by atoms with Crippen LogP contribution in [0.15, 0.2) is 41.4 Å². The Kier molecular flexibility index (Phi) is 9.38. The van der Waals surface area contributed by atoms with E-state index in [9.17, 15) is 9.59 Å². The van der Waals surface area contributed by atoms with Crippen molar-refractivity contribution in [2.75, 3.05) is 6.61 Å². The number of aliphatic imine (C=N–C) groups is 1. The average Bonchev–Trinajstić information content (AvgIpc) is 2.91. The van der Waals surface area contributed by atoms with Gasteiger partial charge in [-0.1, -0.05) is 38.8 Å². The summed E-state index contributed by atoms with van der Waals surface area (Å²) in [6.07, 6.45) is 5.87. The second kappa shape index (κ2) is 12.7. The molecule has 6 heterocycles. The van der Waals surface area contributed by atoms with Crippen LogP contribution in [0.3, 0.4) is 0 Å². The maximum Gasteiger partial charge on any atom is 0.251 e. The van der Waals surface area contributed by atoms with E-state index in [0.717, 1.165) is 49.0 Å². The van der Waals surface area contributed by atoms with E-state index in [4.69, 9.17) is 15.2 Å². The molecule has 0 aromatic heterocycles. The number of aryl methyl sites for hydroxylation is 1. The molecular formula is C32H44N4O4. The van der Waals surface area contributed by atoms with Crippen LogP contribution in [-0.2, 0) is 17.8 Å². The SMILES string of the molecule is CC.CCOc1ccc2cc1CN1C(=O)CC(CCCCCc3ccc4c(c3)OC(C)(C)CC4NC2=O)N=C1N. The molecule has 2 unspecified atom stereocenters. The largest absolute Gasteiger partial charge is 0.494 e. The van der Waals surface area contributed by atoms with E-state index < -0.39 is 5.60 Å². The minimum Gasteiger partial charge on any atom is -0.494 e. The Morgan fingerprint density at radius 1 is 1.12 bits per heavy atom. The first kappa shape index (κ1) is 29.4. The van der Waals surface area contributed by atoms with E-state index in [1.54, 1.807) is 18.2 Å². The Hall–Kier alpha value is -3.55. The topological polar surface area (TPSA) is 106 Å². The van der Waals surface area contributed by atoms with Crippen molar-refractivity contribution in [1.29, 1.82) is 0 Å². The van der Waals surface area contributed by atoms with E-state index in [0.29, 0.717) is 30.8 Å². The van der Waals surface area contributed by atoms with Gasteiger partial charge in [-0.05, 0) is 69.9 Å². The molecule has 3 N–H and O–H groups in total. The number of nitrogens with one attached hydrogen (secondary N) is 1. The lowest BCUT2D eigenvalue weighted by atomic mass is 9.88. The number of carbonyl (C=O) groups excluding carboxylic acids is 2. The van der Waals surface area contributed by atoms with Crippen molar-refractivity contribution in [1.82, 2.24) is 10.2 Å². The highest BCUT2D eigenvalue weighted by Crippen LogP contribution is 2.40. The van der Waals surface area contributed by atoms with Crippen LogP contribution in [0.1, 0.15) is 106 Å². The van der Waals surface area contributed by atoms with Gasteiger partial charge in [0.05, 0.1) is 25.2 Å². The summed E-state index contributed by atoms with van der Waals surface area (Å²) in [4.78, 5) is 32.7. The van der Waals surface area contributed by atoms with Crippen molar-refractivity contribution < 1.29 is 19.1 Å². The zero-order valence-corrected chi connectivity index (χ0v) is 24.6. The maximum atomic E-state index is 13.5. The first-order valence-corrected chi connectivity index (χ1v) is 14.7. The number of ether oxygens (including phenoxy) is 2. The zero-order valence-electron chi connectivity index (χ0n) is 24.6. The van der Waals surface area contributed by atoms with Gasteiger partial charge < -0.3 is 20.5 Å². The fourth-order valence-corrected chi connectivity index (χ4v) is 5.70. The molecule has 8 rings (SSSR count). The molecule has 0 saturated heterocycles. The highest BCUT2D eigenvalue weighted by molar-refractivity contribution is 5.99.